The zero-order valence-electron chi connectivity index (χ0n) is 19.2. The van der Waals surface area contributed by atoms with Crippen molar-refractivity contribution in [2.45, 2.75) is 31.6 Å². The second-order valence-electron chi connectivity index (χ2n) is 7.93. The summed E-state index contributed by atoms with van der Waals surface area (Å²) in [6.07, 6.45) is 2.72. The number of carbonyl (C=O) groups is 2. The number of hydrogen-bond donors (Lipinski definition) is 2. The van der Waals surface area contributed by atoms with E-state index in [1.165, 1.54) is 36.5 Å². The van der Waals surface area contributed by atoms with Gasteiger partial charge in [-0.2, -0.15) is 5.10 Å². The lowest BCUT2D eigenvalue weighted by Crippen LogP contribution is -2.29. The predicted molar refractivity (Wildman–Crippen MR) is 128 cm³/mol. The van der Waals surface area contributed by atoms with E-state index < -0.39 is 28.5 Å². The fourth-order valence-electron chi connectivity index (χ4n) is 3.48. The summed E-state index contributed by atoms with van der Waals surface area (Å²) in [5, 5.41) is 6.87. The van der Waals surface area contributed by atoms with Gasteiger partial charge >= 0.3 is 5.97 Å². The lowest BCUT2D eigenvalue weighted by Gasteiger charge is -2.10. The number of aryl methyl sites for hydroxylation is 2. The quantitative estimate of drug-likeness (QED) is 0.477. The molecule has 0 saturated carbocycles. The van der Waals surface area contributed by atoms with Gasteiger partial charge in [0.05, 0.1) is 16.2 Å². The predicted octanol–water partition coefficient (Wildman–Crippen LogP) is 2.15. The Morgan fingerprint density at radius 3 is 2.63 bits per heavy atom. The Balaban J connectivity index is 1.33. The number of amides is 1. The van der Waals surface area contributed by atoms with E-state index in [-0.39, 0.29) is 16.1 Å². The lowest BCUT2D eigenvalue weighted by molar-refractivity contribution is -0.119. The van der Waals surface area contributed by atoms with E-state index in [2.05, 4.69) is 25.1 Å². The number of benzene rings is 1. The van der Waals surface area contributed by atoms with Gasteiger partial charge in [-0.3, -0.25) is 14.5 Å². The largest absolute Gasteiger partial charge is 0.452 e. The molecule has 182 valence electrons. The molecule has 4 rings (SSSR count). The van der Waals surface area contributed by atoms with Gasteiger partial charge in [-0.1, -0.05) is 6.07 Å². The Kier molecular flexibility index (Phi) is 6.92. The molecular formula is C23H24N6O5S. The molecule has 3 heterocycles. The first-order chi connectivity index (χ1) is 16.7. The molecule has 1 aromatic carbocycles. The normalized spacial score (nSPS) is 13.3. The summed E-state index contributed by atoms with van der Waals surface area (Å²) in [7, 11) is -3.82. The van der Waals surface area contributed by atoms with E-state index in [0.717, 1.165) is 17.8 Å². The number of anilines is 1. The number of ether oxygens (including phenoxy) is 1. The smallest absolute Gasteiger partial charge is 0.340 e. The Hall–Kier alpha value is -4.06. The SMILES string of the molecule is Cc1cc(C)n(-c2ccc(C(=O)OCC(=O)Nc3cccc(S(=O)(=O)NC4=NCCC4)c3)cn2)n1. The zero-order valence-corrected chi connectivity index (χ0v) is 20.0. The maximum absolute atomic E-state index is 12.5. The second-order valence-corrected chi connectivity index (χ2v) is 9.62. The summed E-state index contributed by atoms with van der Waals surface area (Å²) in [6.45, 7) is 3.81. The summed E-state index contributed by atoms with van der Waals surface area (Å²) < 4.78 is 34.3. The molecular weight excluding hydrogens is 472 g/mol. The third kappa shape index (κ3) is 5.90. The standard InChI is InChI=1S/C23H24N6O5S/c1-15-11-16(2)29(27-15)21-9-8-17(13-25-21)23(31)34-14-22(30)26-18-5-3-6-19(12-18)35(32,33)28-20-7-4-10-24-20/h3,5-6,8-9,11-13H,4,7,10,14H2,1-2H3,(H,24,28)(H,26,30). The van der Waals surface area contributed by atoms with Crippen molar-refractivity contribution >= 4 is 33.4 Å². The number of esters is 1. The average molecular weight is 497 g/mol. The molecule has 1 aliphatic heterocycles. The van der Waals surface area contributed by atoms with Gasteiger partial charge in [0.1, 0.15) is 5.84 Å². The Bertz CT molecular complexity index is 1400. The van der Waals surface area contributed by atoms with E-state index in [1.54, 1.807) is 10.7 Å². The van der Waals surface area contributed by atoms with Crippen LogP contribution in [0.5, 0.6) is 0 Å². The molecule has 0 spiro atoms. The number of nitrogens with zero attached hydrogens (tertiary/aromatic N) is 4. The Morgan fingerprint density at radius 2 is 1.97 bits per heavy atom. The molecule has 0 unspecified atom stereocenters. The molecule has 0 saturated heterocycles. The minimum Gasteiger partial charge on any atom is -0.452 e. The van der Waals surface area contributed by atoms with E-state index in [4.69, 9.17) is 4.74 Å². The van der Waals surface area contributed by atoms with Crippen LogP contribution >= 0.6 is 0 Å². The van der Waals surface area contributed by atoms with Gasteiger partial charge in [-0.05, 0) is 56.7 Å². The first kappa shape index (κ1) is 24.1. The van der Waals surface area contributed by atoms with Crippen molar-refractivity contribution in [1.82, 2.24) is 19.5 Å². The van der Waals surface area contributed by atoms with Crippen LogP contribution < -0.4 is 10.0 Å². The van der Waals surface area contributed by atoms with Crippen LogP contribution in [-0.2, 0) is 19.6 Å². The number of nitrogens with one attached hydrogen (secondary N) is 2. The van der Waals surface area contributed by atoms with Crippen molar-refractivity contribution in [3.8, 4) is 5.82 Å². The minimum absolute atomic E-state index is 0.0179. The molecule has 2 aromatic heterocycles. The number of rotatable bonds is 7. The van der Waals surface area contributed by atoms with Crippen molar-refractivity contribution in [2.24, 2.45) is 4.99 Å². The lowest BCUT2D eigenvalue weighted by atomic mass is 10.3. The van der Waals surface area contributed by atoms with E-state index in [1.807, 2.05) is 19.9 Å². The third-order valence-corrected chi connectivity index (χ3v) is 6.48. The molecule has 35 heavy (non-hydrogen) atoms. The molecule has 1 aliphatic rings. The van der Waals surface area contributed by atoms with Gasteiger partial charge in [0, 0.05) is 30.5 Å². The van der Waals surface area contributed by atoms with Crippen molar-refractivity contribution in [3.63, 3.8) is 0 Å². The molecule has 1 amide bonds. The molecule has 0 aliphatic carbocycles. The van der Waals surface area contributed by atoms with Crippen LogP contribution in [0.4, 0.5) is 5.69 Å². The molecule has 0 radical (unpaired) electrons. The highest BCUT2D eigenvalue weighted by Gasteiger charge is 2.19. The fraction of sp³-hybridized carbons (Fsp3) is 0.261. The van der Waals surface area contributed by atoms with E-state index in [9.17, 15) is 18.0 Å². The van der Waals surface area contributed by atoms with Crippen LogP contribution in [0.25, 0.3) is 5.82 Å². The maximum atomic E-state index is 12.5. The first-order valence-corrected chi connectivity index (χ1v) is 12.3. The highest BCUT2D eigenvalue weighted by atomic mass is 32.2. The van der Waals surface area contributed by atoms with Crippen molar-refractivity contribution in [1.29, 1.82) is 0 Å². The van der Waals surface area contributed by atoms with Crippen LogP contribution in [0.2, 0.25) is 0 Å². The molecule has 12 heteroatoms. The van der Waals surface area contributed by atoms with Gasteiger partial charge in [0.25, 0.3) is 15.9 Å². The highest BCUT2D eigenvalue weighted by Crippen LogP contribution is 2.17. The van der Waals surface area contributed by atoms with Crippen LogP contribution in [0, 0.1) is 13.8 Å². The number of pyridine rings is 1. The number of carbonyl (C=O) groups excluding carboxylic acids is 2. The molecule has 3 aromatic rings. The number of aliphatic imine (C=N–C) groups is 1. The summed E-state index contributed by atoms with van der Waals surface area (Å²) in [6, 6.07) is 10.8. The summed E-state index contributed by atoms with van der Waals surface area (Å²) in [5.74, 6) is -0.364. The Labute approximate surface area is 202 Å². The van der Waals surface area contributed by atoms with Crippen LogP contribution in [0.3, 0.4) is 0 Å². The molecule has 2 N–H and O–H groups in total. The highest BCUT2D eigenvalue weighted by molar-refractivity contribution is 7.90. The molecule has 0 bridgehead atoms. The van der Waals surface area contributed by atoms with Gasteiger partial charge in [0.15, 0.2) is 12.4 Å². The van der Waals surface area contributed by atoms with Crippen LogP contribution in [-0.4, -0.2) is 54.0 Å². The molecule has 0 fully saturated rings. The summed E-state index contributed by atoms with van der Waals surface area (Å²) in [5.41, 5.74) is 2.18. The molecule has 11 nitrogen and oxygen atoms in total. The van der Waals surface area contributed by atoms with Crippen molar-refractivity contribution < 1.29 is 22.7 Å². The fourth-order valence-corrected chi connectivity index (χ4v) is 4.62. The van der Waals surface area contributed by atoms with Crippen LogP contribution in [0.1, 0.15) is 34.6 Å². The number of hydrogen-bond acceptors (Lipinski definition) is 8. The van der Waals surface area contributed by atoms with E-state index >= 15 is 0 Å². The number of amidine groups is 1. The van der Waals surface area contributed by atoms with Crippen molar-refractivity contribution in [2.75, 3.05) is 18.5 Å². The molecule has 0 atom stereocenters. The number of aromatic nitrogens is 3. The van der Waals surface area contributed by atoms with Gasteiger partial charge < -0.3 is 10.1 Å². The monoisotopic (exact) mass is 496 g/mol. The second kappa shape index (κ2) is 10.1. The summed E-state index contributed by atoms with van der Waals surface area (Å²) >= 11 is 0. The van der Waals surface area contributed by atoms with E-state index in [0.29, 0.717) is 24.6 Å². The first-order valence-electron chi connectivity index (χ1n) is 10.8. The topological polar surface area (TPSA) is 145 Å². The van der Waals surface area contributed by atoms with Crippen molar-refractivity contribution in [3.05, 3.63) is 65.6 Å². The van der Waals surface area contributed by atoms with Gasteiger partial charge in [-0.15, -0.1) is 0 Å². The van der Waals surface area contributed by atoms with Crippen LogP contribution in [0.15, 0.2) is 58.5 Å². The maximum Gasteiger partial charge on any atom is 0.340 e. The Morgan fingerprint density at radius 1 is 1.14 bits per heavy atom. The average Bonchev–Trinajstić information content (AvgIpc) is 3.46. The zero-order chi connectivity index (χ0) is 25.0. The summed E-state index contributed by atoms with van der Waals surface area (Å²) in [4.78, 5) is 32.9. The third-order valence-electron chi connectivity index (χ3n) is 5.10. The number of sulfonamides is 1. The van der Waals surface area contributed by atoms with Gasteiger partial charge in [-0.25, -0.2) is 22.9 Å². The minimum atomic E-state index is -3.82. The van der Waals surface area contributed by atoms with Gasteiger partial charge in [0.2, 0.25) is 0 Å².